The highest BCUT2D eigenvalue weighted by Crippen LogP contribution is 2.25. The van der Waals surface area contributed by atoms with Gasteiger partial charge in [-0.25, -0.2) is 0 Å². The van der Waals surface area contributed by atoms with Gasteiger partial charge in [0.15, 0.2) is 0 Å². The van der Waals surface area contributed by atoms with Crippen LogP contribution >= 0.6 is 0 Å². The first kappa shape index (κ1) is 10.6. The first-order valence-corrected chi connectivity index (χ1v) is 5.49. The summed E-state index contributed by atoms with van der Waals surface area (Å²) in [4.78, 5) is 4.54. The number of nitrogens with zero attached hydrogens (tertiary/aromatic N) is 1. The standard InChI is InChI=1S/C15H15N/c1-2-16-15(13-9-5-3-6-10-13)14-11-7-4-8-12-14/h2-12,15H,1H3/b16-2+. The van der Waals surface area contributed by atoms with Crippen molar-refractivity contribution in [1.29, 1.82) is 0 Å². The molecule has 0 saturated carbocycles. The molecule has 0 aliphatic rings. The van der Waals surface area contributed by atoms with Crippen molar-refractivity contribution >= 4 is 6.21 Å². The Kier molecular flexibility index (Phi) is 3.50. The van der Waals surface area contributed by atoms with Gasteiger partial charge in [-0.15, -0.1) is 0 Å². The minimum atomic E-state index is 0.118. The van der Waals surface area contributed by atoms with Gasteiger partial charge in [0.1, 0.15) is 0 Å². The van der Waals surface area contributed by atoms with E-state index in [2.05, 4.69) is 53.5 Å². The molecule has 0 saturated heterocycles. The molecule has 0 atom stereocenters. The summed E-state index contributed by atoms with van der Waals surface area (Å²) in [7, 11) is 0. The lowest BCUT2D eigenvalue weighted by atomic mass is 9.99. The van der Waals surface area contributed by atoms with Crippen LogP contribution in [-0.2, 0) is 0 Å². The first-order chi connectivity index (χ1) is 7.92. The fourth-order valence-corrected chi connectivity index (χ4v) is 1.78. The monoisotopic (exact) mass is 209 g/mol. The number of benzene rings is 2. The molecule has 1 nitrogen and oxygen atoms in total. The van der Waals surface area contributed by atoms with Gasteiger partial charge < -0.3 is 0 Å². The topological polar surface area (TPSA) is 12.4 Å². The molecule has 0 heterocycles. The van der Waals surface area contributed by atoms with Crippen LogP contribution in [0.5, 0.6) is 0 Å². The highest BCUT2D eigenvalue weighted by Gasteiger charge is 2.10. The van der Waals surface area contributed by atoms with Crippen LogP contribution < -0.4 is 0 Å². The highest BCUT2D eigenvalue weighted by atomic mass is 14.8. The summed E-state index contributed by atoms with van der Waals surface area (Å²) >= 11 is 0. The summed E-state index contributed by atoms with van der Waals surface area (Å²) < 4.78 is 0. The van der Waals surface area contributed by atoms with E-state index in [9.17, 15) is 0 Å². The van der Waals surface area contributed by atoms with Gasteiger partial charge in [0.05, 0.1) is 6.04 Å². The summed E-state index contributed by atoms with van der Waals surface area (Å²) in [5.74, 6) is 0. The molecule has 0 aliphatic heterocycles. The van der Waals surface area contributed by atoms with Gasteiger partial charge in [0, 0.05) is 0 Å². The molecule has 16 heavy (non-hydrogen) atoms. The zero-order chi connectivity index (χ0) is 11.2. The van der Waals surface area contributed by atoms with E-state index in [-0.39, 0.29) is 6.04 Å². The summed E-state index contributed by atoms with van der Waals surface area (Å²) in [5.41, 5.74) is 2.46. The molecule has 0 aliphatic carbocycles. The van der Waals surface area contributed by atoms with E-state index >= 15 is 0 Å². The molecule has 0 amide bonds. The maximum atomic E-state index is 4.54. The van der Waals surface area contributed by atoms with E-state index in [1.54, 1.807) is 0 Å². The maximum Gasteiger partial charge on any atom is 0.0995 e. The van der Waals surface area contributed by atoms with Crippen molar-refractivity contribution in [3.63, 3.8) is 0 Å². The fourth-order valence-electron chi connectivity index (χ4n) is 1.78. The van der Waals surface area contributed by atoms with Gasteiger partial charge in [-0.1, -0.05) is 60.7 Å². The Labute approximate surface area is 96.5 Å². The molecule has 2 aromatic carbocycles. The SMILES string of the molecule is C/C=N/C(c1ccccc1)c1ccccc1. The van der Waals surface area contributed by atoms with Crippen LogP contribution in [0.15, 0.2) is 65.7 Å². The molecule has 0 unspecified atom stereocenters. The second kappa shape index (κ2) is 5.26. The summed E-state index contributed by atoms with van der Waals surface area (Å²) in [6.07, 6.45) is 1.87. The average molecular weight is 209 g/mol. The van der Waals surface area contributed by atoms with Crippen LogP contribution in [-0.4, -0.2) is 6.21 Å². The Morgan fingerprint density at radius 3 is 1.62 bits per heavy atom. The molecular weight excluding hydrogens is 194 g/mol. The van der Waals surface area contributed by atoms with Gasteiger partial charge >= 0.3 is 0 Å². The molecule has 80 valence electrons. The van der Waals surface area contributed by atoms with Gasteiger partial charge in [-0.2, -0.15) is 0 Å². The summed E-state index contributed by atoms with van der Waals surface area (Å²) in [5, 5.41) is 0. The zero-order valence-corrected chi connectivity index (χ0v) is 9.38. The molecule has 0 aromatic heterocycles. The van der Waals surface area contributed by atoms with Crippen LogP contribution in [0.3, 0.4) is 0 Å². The highest BCUT2D eigenvalue weighted by molar-refractivity contribution is 5.55. The zero-order valence-electron chi connectivity index (χ0n) is 9.38. The average Bonchev–Trinajstić information content (AvgIpc) is 2.38. The van der Waals surface area contributed by atoms with Crippen molar-refractivity contribution in [1.82, 2.24) is 0 Å². The van der Waals surface area contributed by atoms with E-state index < -0.39 is 0 Å². The van der Waals surface area contributed by atoms with E-state index in [4.69, 9.17) is 0 Å². The molecule has 1 heteroatoms. The van der Waals surface area contributed by atoms with Gasteiger partial charge in [-0.3, -0.25) is 4.99 Å². The Morgan fingerprint density at radius 2 is 1.25 bits per heavy atom. The van der Waals surface area contributed by atoms with E-state index in [0.717, 1.165) is 0 Å². The third-order valence-electron chi connectivity index (χ3n) is 2.53. The van der Waals surface area contributed by atoms with Crippen LogP contribution in [0.2, 0.25) is 0 Å². The molecule has 0 spiro atoms. The van der Waals surface area contributed by atoms with Crippen molar-refractivity contribution in [2.75, 3.05) is 0 Å². The van der Waals surface area contributed by atoms with E-state index in [1.165, 1.54) is 11.1 Å². The van der Waals surface area contributed by atoms with E-state index in [1.807, 2.05) is 25.3 Å². The molecule has 2 aromatic rings. The van der Waals surface area contributed by atoms with Gasteiger partial charge in [0.2, 0.25) is 0 Å². The molecule has 0 bridgehead atoms. The van der Waals surface area contributed by atoms with Crippen LogP contribution in [0.4, 0.5) is 0 Å². The third kappa shape index (κ3) is 2.37. The van der Waals surface area contributed by atoms with Gasteiger partial charge in [-0.05, 0) is 24.3 Å². The third-order valence-corrected chi connectivity index (χ3v) is 2.53. The fraction of sp³-hybridized carbons (Fsp3) is 0.133. The number of hydrogen-bond acceptors (Lipinski definition) is 1. The molecular formula is C15H15N. The van der Waals surface area contributed by atoms with Crippen molar-refractivity contribution in [3.05, 3.63) is 71.8 Å². The van der Waals surface area contributed by atoms with Gasteiger partial charge in [0.25, 0.3) is 0 Å². The number of aliphatic imine (C=N–C) groups is 1. The smallest absolute Gasteiger partial charge is 0.0995 e. The molecule has 0 fully saturated rings. The number of hydrogen-bond donors (Lipinski definition) is 0. The summed E-state index contributed by atoms with van der Waals surface area (Å²) in [6.45, 7) is 1.96. The number of rotatable bonds is 3. The lowest BCUT2D eigenvalue weighted by Gasteiger charge is -2.12. The van der Waals surface area contributed by atoms with Crippen molar-refractivity contribution in [2.24, 2.45) is 4.99 Å². The summed E-state index contributed by atoms with van der Waals surface area (Å²) in [6, 6.07) is 20.8. The molecule has 0 N–H and O–H groups in total. The molecule has 2 rings (SSSR count). The van der Waals surface area contributed by atoms with Crippen LogP contribution in [0, 0.1) is 0 Å². The Morgan fingerprint density at radius 1 is 0.812 bits per heavy atom. The van der Waals surface area contributed by atoms with Crippen LogP contribution in [0.1, 0.15) is 24.1 Å². The predicted octanol–water partition coefficient (Wildman–Crippen LogP) is 3.87. The van der Waals surface area contributed by atoms with Crippen molar-refractivity contribution in [2.45, 2.75) is 13.0 Å². The minimum Gasteiger partial charge on any atom is -0.285 e. The first-order valence-electron chi connectivity index (χ1n) is 5.49. The lowest BCUT2D eigenvalue weighted by Crippen LogP contribution is -1.97. The maximum absolute atomic E-state index is 4.54. The second-order valence-electron chi connectivity index (χ2n) is 3.63. The molecule has 0 radical (unpaired) electrons. The Balaban J connectivity index is 2.39. The Bertz CT molecular complexity index is 406. The predicted molar refractivity (Wildman–Crippen MR) is 68.9 cm³/mol. The minimum absolute atomic E-state index is 0.118. The largest absolute Gasteiger partial charge is 0.285 e. The van der Waals surface area contributed by atoms with Crippen molar-refractivity contribution in [3.8, 4) is 0 Å². The van der Waals surface area contributed by atoms with Crippen molar-refractivity contribution < 1.29 is 0 Å². The van der Waals surface area contributed by atoms with Crippen LogP contribution in [0.25, 0.3) is 0 Å². The van der Waals surface area contributed by atoms with E-state index in [0.29, 0.717) is 0 Å². The normalized spacial score (nSPS) is 11.1. The lowest BCUT2D eigenvalue weighted by molar-refractivity contribution is 0.877. The Hall–Kier alpha value is -1.89. The second-order valence-corrected chi connectivity index (χ2v) is 3.63. The quantitative estimate of drug-likeness (QED) is 0.680.